The summed E-state index contributed by atoms with van der Waals surface area (Å²) >= 11 is 15.2. The van der Waals surface area contributed by atoms with E-state index in [1.165, 1.54) is 4.90 Å². The Morgan fingerprint density at radius 1 is 0.711 bits per heavy atom. The van der Waals surface area contributed by atoms with E-state index in [9.17, 15) is 28.8 Å². The summed E-state index contributed by atoms with van der Waals surface area (Å²) in [7, 11) is 3.37. The minimum Gasteiger partial charge on any atom is -0.457 e. The zero-order valence-corrected chi connectivity index (χ0v) is 51.1. The van der Waals surface area contributed by atoms with Gasteiger partial charge in [-0.05, 0) is 137 Å². The van der Waals surface area contributed by atoms with E-state index in [2.05, 4.69) is 43.0 Å². The lowest BCUT2D eigenvalue weighted by molar-refractivity contribution is 0.0488. The minimum atomic E-state index is -0.599. The maximum absolute atomic E-state index is 14.1. The topological polar surface area (TPSA) is 214 Å². The van der Waals surface area contributed by atoms with E-state index in [0.717, 1.165) is 53.3 Å². The molecule has 0 radical (unpaired) electrons. The SMILES string of the molecule is CN(C(=O)c1c(I)nc(N2CCC[C@@H](NC(=O)OC(C)(C)C)C2)n1Cc1ccccc1Cl)c1ccc2c(c1)C(=O)OC2.Cn1c(=O)c2c(nc(N3CCC[C@@H](NC(=O)OC(C)(C)C)C3)n2Cc2ccccc2Cl)c2cc3c(cc21)C(=O)OC3. The fourth-order valence-electron chi connectivity index (χ4n) is 10.8. The number of anilines is 3. The number of imidazole rings is 2. The van der Waals surface area contributed by atoms with Crippen molar-refractivity contribution < 1.29 is 42.9 Å². The average molecular weight is 1280 g/mol. The summed E-state index contributed by atoms with van der Waals surface area (Å²) in [4.78, 5) is 93.1. The van der Waals surface area contributed by atoms with Crippen LogP contribution in [0.25, 0.3) is 21.9 Å². The molecule has 7 heterocycles. The van der Waals surface area contributed by atoms with Crippen LogP contribution in [0.5, 0.6) is 0 Å². The van der Waals surface area contributed by atoms with E-state index in [1.54, 1.807) is 36.9 Å². The Hall–Kier alpha value is -7.37. The Labute approximate surface area is 503 Å². The largest absolute Gasteiger partial charge is 0.457 e. The Morgan fingerprint density at radius 3 is 1.78 bits per heavy atom. The lowest BCUT2D eigenvalue weighted by atomic mass is 10.0. The average Bonchev–Trinajstić information content (AvgIpc) is 2.45. The maximum atomic E-state index is 14.1. The molecule has 3 amide bonds. The van der Waals surface area contributed by atoms with E-state index in [1.807, 2.05) is 111 Å². The molecule has 7 aromatic rings. The Morgan fingerprint density at radius 2 is 1.23 bits per heavy atom. The number of aromatic nitrogens is 5. The number of alkyl carbamates (subject to hydrolysis) is 2. The van der Waals surface area contributed by atoms with Crippen molar-refractivity contribution in [1.29, 1.82) is 0 Å². The maximum Gasteiger partial charge on any atom is 0.407 e. The molecule has 0 bridgehead atoms. The number of hydrogen-bond donors (Lipinski definition) is 2. The van der Waals surface area contributed by atoms with E-state index >= 15 is 0 Å². The third-order valence-corrected chi connectivity index (χ3v) is 16.3. The van der Waals surface area contributed by atoms with E-state index in [0.29, 0.717) is 104 Å². The number of amides is 3. The van der Waals surface area contributed by atoms with Crippen molar-refractivity contribution in [3.8, 4) is 0 Å². The second-order valence-corrected chi connectivity index (χ2v) is 25.0. The molecule has 436 valence electrons. The number of cyclic esters (lactones) is 2. The number of nitrogens with one attached hydrogen (secondary N) is 2. The molecular weight excluding hydrogens is 1220 g/mol. The first-order valence-electron chi connectivity index (χ1n) is 27.4. The lowest BCUT2D eigenvalue weighted by Gasteiger charge is -2.34. The van der Waals surface area contributed by atoms with Gasteiger partial charge in [0.2, 0.25) is 11.9 Å². The number of benzene rings is 4. The van der Waals surface area contributed by atoms with Gasteiger partial charge in [0.15, 0.2) is 0 Å². The number of piperidine rings is 2. The first-order chi connectivity index (χ1) is 39.4. The molecular formula is C60H65Cl2IN10O10. The van der Waals surface area contributed by atoms with Crippen LogP contribution >= 0.6 is 45.8 Å². The number of rotatable bonds is 10. The molecule has 4 aliphatic rings. The Balaban J connectivity index is 0.000000185. The van der Waals surface area contributed by atoms with Gasteiger partial charge in [-0.1, -0.05) is 65.7 Å². The molecule has 2 fully saturated rings. The summed E-state index contributed by atoms with van der Waals surface area (Å²) in [5.74, 6) is 0.165. The number of halogens is 3. The molecule has 3 aromatic heterocycles. The third kappa shape index (κ3) is 12.8. The summed E-state index contributed by atoms with van der Waals surface area (Å²) in [5.41, 5.74) is 5.33. The van der Waals surface area contributed by atoms with Crippen molar-refractivity contribution in [2.24, 2.45) is 7.05 Å². The molecule has 0 spiro atoms. The Bertz CT molecular complexity index is 3790. The number of hydrogen-bond acceptors (Lipinski definition) is 14. The molecule has 2 N–H and O–H groups in total. The highest BCUT2D eigenvalue weighted by Crippen LogP contribution is 2.35. The molecule has 4 aromatic carbocycles. The van der Waals surface area contributed by atoms with Gasteiger partial charge in [-0.2, -0.15) is 0 Å². The van der Waals surface area contributed by atoms with Crippen LogP contribution in [0.15, 0.2) is 83.7 Å². The van der Waals surface area contributed by atoms with E-state index in [4.69, 9.17) is 52.1 Å². The van der Waals surface area contributed by atoms with Gasteiger partial charge < -0.3 is 58.0 Å². The van der Waals surface area contributed by atoms with Crippen molar-refractivity contribution in [2.45, 2.75) is 117 Å². The molecule has 4 aliphatic heterocycles. The van der Waals surface area contributed by atoms with Crippen molar-refractivity contribution in [2.75, 3.05) is 47.9 Å². The fraction of sp³-hybridized carbons (Fsp3) is 0.400. The first kappa shape index (κ1) is 58.8. The normalized spacial score (nSPS) is 16.9. The summed E-state index contributed by atoms with van der Waals surface area (Å²) in [5, 5.41) is 7.92. The predicted molar refractivity (Wildman–Crippen MR) is 325 cm³/mol. The van der Waals surface area contributed by atoms with Crippen LogP contribution in [0.4, 0.5) is 27.2 Å². The molecule has 0 saturated carbocycles. The highest BCUT2D eigenvalue weighted by atomic mass is 127. The van der Waals surface area contributed by atoms with Crippen LogP contribution in [-0.2, 0) is 52.3 Å². The van der Waals surface area contributed by atoms with Gasteiger partial charge in [-0.3, -0.25) is 9.59 Å². The highest BCUT2D eigenvalue weighted by Gasteiger charge is 2.34. The van der Waals surface area contributed by atoms with E-state index in [-0.39, 0.29) is 36.8 Å². The van der Waals surface area contributed by atoms with Crippen LogP contribution in [-0.4, -0.2) is 110 Å². The third-order valence-electron chi connectivity index (χ3n) is 14.8. The molecule has 23 heteroatoms. The van der Waals surface area contributed by atoms with Crippen LogP contribution in [0.2, 0.25) is 10.0 Å². The zero-order chi connectivity index (χ0) is 59.2. The number of pyridine rings is 1. The second-order valence-electron chi connectivity index (χ2n) is 23.1. The predicted octanol–water partition coefficient (Wildman–Crippen LogP) is 10.4. The van der Waals surface area contributed by atoms with Gasteiger partial charge in [0.05, 0.1) is 29.7 Å². The second kappa shape index (κ2) is 23.7. The molecule has 20 nitrogen and oxygen atoms in total. The molecule has 83 heavy (non-hydrogen) atoms. The summed E-state index contributed by atoms with van der Waals surface area (Å²) in [6.07, 6.45) is 2.32. The van der Waals surface area contributed by atoms with Gasteiger partial charge in [0.25, 0.3) is 11.5 Å². The number of ether oxygens (including phenoxy) is 4. The zero-order valence-electron chi connectivity index (χ0n) is 47.4. The summed E-state index contributed by atoms with van der Waals surface area (Å²) < 4.78 is 27.2. The summed E-state index contributed by atoms with van der Waals surface area (Å²) in [6, 6.07) is 23.7. The summed E-state index contributed by atoms with van der Waals surface area (Å²) in [6.45, 7) is 14.5. The molecule has 0 aliphatic carbocycles. The van der Waals surface area contributed by atoms with Crippen molar-refractivity contribution in [1.82, 2.24) is 34.3 Å². The van der Waals surface area contributed by atoms with Crippen LogP contribution < -0.4 is 30.9 Å². The lowest BCUT2D eigenvalue weighted by Crippen LogP contribution is -2.49. The minimum absolute atomic E-state index is 0.148. The fourth-order valence-corrected chi connectivity index (χ4v) is 12.0. The molecule has 0 unspecified atom stereocenters. The number of carbonyl (C=O) groups is 5. The van der Waals surface area contributed by atoms with Crippen LogP contribution in [0.3, 0.4) is 0 Å². The van der Waals surface area contributed by atoms with Gasteiger partial charge >= 0.3 is 24.1 Å². The van der Waals surface area contributed by atoms with Gasteiger partial charge in [0.1, 0.15) is 44.8 Å². The Kier molecular flexibility index (Phi) is 16.8. The van der Waals surface area contributed by atoms with Crippen LogP contribution in [0, 0.1) is 3.70 Å². The number of aryl methyl sites for hydroxylation is 1. The smallest absolute Gasteiger partial charge is 0.407 e. The van der Waals surface area contributed by atoms with E-state index < -0.39 is 35.3 Å². The van der Waals surface area contributed by atoms with Crippen molar-refractivity contribution in [3.05, 3.63) is 142 Å². The van der Waals surface area contributed by atoms with Crippen molar-refractivity contribution >= 4 is 115 Å². The highest BCUT2D eigenvalue weighted by molar-refractivity contribution is 14.1. The van der Waals surface area contributed by atoms with Gasteiger partial charge in [0, 0.05) is 84.6 Å². The molecule has 2 atom stereocenters. The van der Waals surface area contributed by atoms with Crippen molar-refractivity contribution in [3.63, 3.8) is 0 Å². The van der Waals surface area contributed by atoms with Gasteiger partial charge in [-0.25, -0.2) is 29.1 Å². The first-order valence-corrected chi connectivity index (χ1v) is 29.3. The monoisotopic (exact) mass is 1280 g/mol. The quantitative estimate of drug-likeness (QED) is 0.0741. The molecule has 11 rings (SSSR count). The standard InChI is InChI=1S/C30H33ClIN5O5.C30H32ClN5O5/c1-30(2,3)42-29(40)33-20-9-7-13-36(16-20)28-34-25(32)24(37(28)15-18-8-5-6-10-23(18)31)26(38)35(4)21-12-11-19-17-41-27(39)22(19)14-21;1-30(2,3)41-29(39)32-19-9-7-11-35(15-19)28-33-24-21-12-18-16-40-27(38)20(18)13-23(21)34(4)26(37)25(24)36(28)14-17-8-5-6-10-22(17)31/h5-6,8,10-12,14,20H,7,9,13,15-17H2,1-4H3,(H,33,40);5-6,8,10,12-13,19H,7,9,11,14-16H2,1-4H3,(H,32,39)/t20-;19-/m11/s1. The van der Waals surface area contributed by atoms with Crippen LogP contribution in [0.1, 0.15) is 121 Å². The number of fused-ring (bicyclic) bond motifs is 5. The number of nitrogens with zero attached hydrogens (tertiary/aromatic N) is 8. The number of carbonyl (C=O) groups excluding carboxylic acids is 5. The van der Waals surface area contributed by atoms with Gasteiger partial charge in [-0.15, -0.1) is 0 Å². The molecule has 2 saturated heterocycles. The number of esters is 2.